The highest BCUT2D eigenvalue weighted by molar-refractivity contribution is 5.94. The summed E-state index contributed by atoms with van der Waals surface area (Å²) in [5.41, 5.74) is 2.91. The van der Waals surface area contributed by atoms with Gasteiger partial charge in [-0.2, -0.15) is 0 Å². The quantitative estimate of drug-likeness (QED) is 0.502. The SMILES string of the molecule is CNC(=O)C1C2CN(c3nc4c(C(C)Nc5ccccc5C(=O)O)cc(C)cc4c(=O)n3C)CC21. The van der Waals surface area contributed by atoms with E-state index in [-0.39, 0.29) is 40.8 Å². The number of benzene rings is 2. The fraction of sp³-hybridized carbons (Fsp3) is 0.385. The van der Waals surface area contributed by atoms with Crippen molar-refractivity contribution in [1.82, 2.24) is 14.9 Å². The standard InChI is InChI=1S/C26H29N5O4/c1-13-9-16(14(2)28-20-8-6-5-7-15(20)25(34)35)22-17(10-13)24(33)30(4)26(29-22)31-11-18-19(12-31)21(18)23(32)27-3/h5-10,14,18-19,21,28H,11-12H2,1-4H3,(H,27,32)(H,34,35). The maximum absolute atomic E-state index is 13.4. The molecule has 5 rings (SSSR count). The number of nitrogens with zero attached hydrogens (tertiary/aromatic N) is 3. The van der Waals surface area contributed by atoms with Gasteiger partial charge in [-0.15, -0.1) is 0 Å². The number of carboxylic acids is 1. The van der Waals surface area contributed by atoms with Crippen LogP contribution in [0.2, 0.25) is 0 Å². The summed E-state index contributed by atoms with van der Waals surface area (Å²) in [7, 11) is 3.40. The molecule has 1 saturated heterocycles. The molecule has 0 spiro atoms. The Kier molecular flexibility index (Phi) is 5.50. The minimum atomic E-state index is -1.01. The van der Waals surface area contributed by atoms with Crippen molar-refractivity contribution in [3.8, 4) is 0 Å². The van der Waals surface area contributed by atoms with Crippen molar-refractivity contribution >= 4 is 34.4 Å². The maximum Gasteiger partial charge on any atom is 0.337 e. The first-order valence-corrected chi connectivity index (χ1v) is 11.8. The van der Waals surface area contributed by atoms with E-state index < -0.39 is 5.97 Å². The molecular weight excluding hydrogens is 446 g/mol. The van der Waals surface area contributed by atoms with Gasteiger partial charge in [-0.25, -0.2) is 9.78 Å². The zero-order valence-electron chi connectivity index (χ0n) is 20.2. The molecule has 0 bridgehead atoms. The van der Waals surface area contributed by atoms with Gasteiger partial charge in [0.2, 0.25) is 11.9 Å². The van der Waals surface area contributed by atoms with Gasteiger partial charge in [0.05, 0.1) is 22.5 Å². The van der Waals surface area contributed by atoms with Gasteiger partial charge in [-0.3, -0.25) is 14.2 Å². The normalized spacial score (nSPS) is 21.5. The smallest absolute Gasteiger partial charge is 0.337 e. The molecule has 3 N–H and O–H groups in total. The van der Waals surface area contributed by atoms with Gasteiger partial charge in [-0.05, 0) is 49.4 Å². The molecule has 3 atom stereocenters. The first kappa shape index (κ1) is 22.9. The van der Waals surface area contributed by atoms with Gasteiger partial charge >= 0.3 is 5.97 Å². The van der Waals surface area contributed by atoms with Crippen LogP contribution in [0.4, 0.5) is 11.6 Å². The molecule has 9 heteroatoms. The number of piperidine rings is 1. The number of carbonyl (C=O) groups is 2. The number of anilines is 2. The van der Waals surface area contributed by atoms with Gasteiger partial charge < -0.3 is 20.6 Å². The highest BCUT2D eigenvalue weighted by Crippen LogP contribution is 2.52. The number of hydrogen-bond acceptors (Lipinski definition) is 6. The van der Waals surface area contributed by atoms with Crippen LogP contribution in [0.1, 0.15) is 34.5 Å². The Hall–Kier alpha value is -3.88. The number of carboxylic acid groups (broad SMARTS) is 1. The summed E-state index contributed by atoms with van der Waals surface area (Å²) in [5, 5.41) is 16.1. The second-order valence-corrected chi connectivity index (χ2v) is 9.62. The molecule has 3 unspecified atom stereocenters. The van der Waals surface area contributed by atoms with E-state index in [1.165, 1.54) is 0 Å². The lowest BCUT2D eigenvalue weighted by Gasteiger charge is -2.25. The van der Waals surface area contributed by atoms with E-state index >= 15 is 0 Å². The van der Waals surface area contributed by atoms with Crippen LogP contribution in [0.5, 0.6) is 0 Å². The third-order valence-corrected chi connectivity index (χ3v) is 7.35. The minimum absolute atomic E-state index is 0.0467. The lowest BCUT2D eigenvalue weighted by Crippen LogP contribution is -2.34. The van der Waals surface area contributed by atoms with Gasteiger partial charge in [0, 0.05) is 44.4 Å². The number of aryl methyl sites for hydroxylation is 1. The number of fused-ring (bicyclic) bond motifs is 2. The Morgan fingerprint density at radius 3 is 2.51 bits per heavy atom. The van der Waals surface area contributed by atoms with Gasteiger partial charge in [0.25, 0.3) is 5.56 Å². The number of carbonyl (C=O) groups excluding carboxylic acids is 1. The zero-order chi connectivity index (χ0) is 25.0. The Morgan fingerprint density at radius 2 is 1.86 bits per heavy atom. The molecule has 35 heavy (non-hydrogen) atoms. The molecule has 0 radical (unpaired) electrons. The molecule has 1 aliphatic carbocycles. The molecule has 1 saturated carbocycles. The first-order valence-electron chi connectivity index (χ1n) is 11.8. The lowest BCUT2D eigenvalue weighted by molar-refractivity contribution is -0.122. The Balaban J connectivity index is 1.52. The third kappa shape index (κ3) is 3.80. The van der Waals surface area contributed by atoms with Crippen molar-refractivity contribution in [1.29, 1.82) is 0 Å². The van der Waals surface area contributed by atoms with Crippen LogP contribution >= 0.6 is 0 Å². The molecular formula is C26H29N5O4. The van der Waals surface area contributed by atoms with Crippen LogP contribution in [0.3, 0.4) is 0 Å². The largest absolute Gasteiger partial charge is 0.478 e. The van der Waals surface area contributed by atoms with Crippen LogP contribution in [0, 0.1) is 24.7 Å². The molecule has 2 aliphatic rings. The molecule has 2 fully saturated rings. The van der Waals surface area contributed by atoms with Crippen LogP contribution in [-0.2, 0) is 11.8 Å². The predicted octanol–water partition coefficient (Wildman–Crippen LogP) is 2.54. The van der Waals surface area contributed by atoms with Crippen molar-refractivity contribution < 1.29 is 14.7 Å². The fourth-order valence-electron chi connectivity index (χ4n) is 5.51. The summed E-state index contributed by atoms with van der Waals surface area (Å²) in [6.07, 6.45) is 0. The number of amides is 1. The summed E-state index contributed by atoms with van der Waals surface area (Å²) in [5.74, 6) is 0.283. The molecule has 2 heterocycles. The summed E-state index contributed by atoms with van der Waals surface area (Å²) in [6, 6.07) is 10.3. The number of nitrogens with one attached hydrogen (secondary N) is 2. The second kappa shape index (κ2) is 8.41. The van der Waals surface area contributed by atoms with E-state index in [0.29, 0.717) is 35.6 Å². The molecule has 182 valence electrons. The van der Waals surface area contributed by atoms with Gasteiger partial charge in [0.15, 0.2) is 0 Å². The van der Waals surface area contributed by atoms with Crippen LogP contribution in [-0.4, -0.2) is 46.7 Å². The summed E-state index contributed by atoms with van der Waals surface area (Å²) in [6.45, 7) is 5.25. The van der Waals surface area contributed by atoms with E-state index in [0.717, 1.165) is 11.1 Å². The average Bonchev–Trinajstić information content (AvgIpc) is 3.34. The number of aromatic nitrogens is 2. The number of aromatic carboxylic acids is 1. The first-order chi connectivity index (χ1) is 16.7. The molecule has 1 aromatic heterocycles. The van der Waals surface area contributed by atoms with E-state index in [2.05, 4.69) is 15.5 Å². The van der Waals surface area contributed by atoms with Gasteiger partial charge in [-0.1, -0.05) is 18.2 Å². The summed E-state index contributed by atoms with van der Waals surface area (Å²) in [4.78, 5) is 44.1. The third-order valence-electron chi connectivity index (χ3n) is 7.35. The average molecular weight is 476 g/mol. The van der Waals surface area contributed by atoms with Crippen molar-refractivity contribution in [2.75, 3.05) is 30.4 Å². The molecule has 1 amide bonds. The number of hydrogen-bond donors (Lipinski definition) is 3. The van der Waals surface area contributed by atoms with Crippen molar-refractivity contribution in [3.63, 3.8) is 0 Å². The highest BCUT2D eigenvalue weighted by atomic mass is 16.4. The van der Waals surface area contributed by atoms with E-state index in [1.54, 1.807) is 42.9 Å². The van der Waals surface area contributed by atoms with Crippen molar-refractivity contribution in [3.05, 3.63) is 63.4 Å². The Labute approximate surface area is 202 Å². The molecule has 9 nitrogen and oxygen atoms in total. The van der Waals surface area contributed by atoms with Crippen molar-refractivity contribution in [2.45, 2.75) is 19.9 Å². The minimum Gasteiger partial charge on any atom is -0.478 e. The van der Waals surface area contributed by atoms with Crippen LogP contribution < -0.4 is 21.1 Å². The van der Waals surface area contributed by atoms with Gasteiger partial charge in [0.1, 0.15) is 0 Å². The number of para-hydroxylation sites is 1. The maximum atomic E-state index is 13.4. The highest BCUT2D eigenvalue weighted by Gasteiger charge is 2.59. The fourth-order valence-corrected chi connectivity index (χ4v) is 5.51. The molecule has 1 aliphatic heterocycles. The number of rotatable bonds is 6. The monoisotopic (exact) mass is 475 g/mol. The zero-order valence-corrected chi connectivity index (χ0v) is 20.2. The predicted molar refractivity (Wildman–Crippen MR) is 134 cm³/mol. The Morgan fingerprint density at radius 1 is 1.17 bits per heavy atom. The van der Waals surface area contributed by atoms with E-state index in [4.69, 9.17) is 4.98 Å². The topological polar surface area (TPSA) is 117 Å². The van der Waals surface area contributed by atoms with E-state index in [1.807, 2.05) is 26.0 Å². The van der Waals surface area contributed by atoms with Crippen molar-refractivity contribution in [2.24, 2.45) is 24.8 Å². The summed E-state index contributed by atoms with van der Waals surface area (Å²) >= 11 is 0. The lowest BCUT2D eigenvalue weighted by atomic mass is 10.0. The Bertz CT molecular complexity index is 1400. The van der Waals surface area contributed by atoms with Crippen LogP contribution in [0.15, 0.2) is 41.2 Å². The second-order valence-electron chi connectivity index (χ2n) is 9.62. The molecule has 3 aromatic rings. The molecule has 2 aromatic carbocycles. The summed E-state index contributed by atoms with van der Waals surface area (Å²) < 4.78 is 1.59. The van der Waals surface area contributed by atoms with Crippen LogP contribution in [0.25, 0.3) is 10.9 Å². The van der Waals surface area contributed by atoms with E-state index in [9.17, 15) is 19.5 Å².